The molecule has 4 nitrogen and oxygen atoms in total. The summed E-state index contributed by atoms with van der Waals surface area (Å²) >= 11 is 0. The van der Waals surface area contributed by atoms with E-state index in [1.165, 1.54) is 6.08 Å². The third-order valence-electron chi connectivity index (χ3n) is 4.31. The topological polar surface area (TPSA) is 63.6 Å². The van der Waals surface area contributed by atoms with Gasteiger partial charge in [0, 0.05) is 5.41 Å². The van der Waals surface area contributed by atoms with Gasteiger partial charge in [0.25, 0.3) is 0 Å². The highest BCUT2D eigenvalue weighted by molar-refractivity contribution is 7.87. The molecule has 0 heterocycles. The average Bonchev–Trinajstić information content (AvgIpc) is 3.07. The third kappa shape index (κ3) is 3.71. The maximum Gasteiger partial charge on any atom is 0.534 e. The smallest absolute Gasteiger partial charge is 0.390 e. The van der Waals surface area contributed by atoms with E-state index in [1.54, 1.807) is 6.92 Å². The van der Waals surface area contributed by atoms with E-state index in [0.29, 0.717) is 38.5 Å². The lowest BCUT2D eigenvalue weighted by Crippen LogP contribution is -2.32. The molecule has 21 heavy (non-hydrogen) atoms. The largest absolute Gasteiger partial charge is 0.534 e. The van der Waals surface area contributed by atoms with Crippen molar-refractivity contribution in [3.63, 3.8) is 0 Å². The highest BCUT2D eigenvalue weighted by atomic mass is 32.2. The summed E-state index contributed by atoms with van der Waals surface area (Å²) in [5.74, 6) is -0.143. The van der Waals surface area contributed by atoms with Gasteiger partial charge in [0.15, 0.2) is 0 Å². The van der Waals surface area contributed by atoms with Crippen LogP contribution in [0.4, 0.5) is 13.2 Å². The average molecular weight is 328 g/mol. The summed E-state index contributed by atoms with van der Waals surface area (Å²) in [6, 6.07) is 0. The van der Waals surface area contributed by atoms with Crippen molar-refractivity contribution in [2.24, 2.45) is 5.41 Å². The van der Waals surface area contributed by atoms with Crippen molar-refractivity contribution < 1.29 is 30.9 Å². The second-order valence-electron chi connectivity index (χ2n) is 6.23. The number of halogens is 3. The van der Waals surface area contributed by atoms with Gasteiger partial charge in [-0.25, -0.2) is 0 Å². The first-order valence-corrected chi connectivity index (χ1v) is 8.32. The van der Waals surface area contributed by atoms with Crippen LogP contribution in [0.15, 0.2) is 11.8 Å². The number of aliphatic hydroxyl groups is 1. The van der Waals surface area contributed by atoms with Crippen molar-refractivity contribution in [2.45, 2.75) is 63.0 Å². The Morgan fingerprint density at radius 1 is 1.29 bits per heavy atom. The fraction of sp³-hybridized carbons (Fsp3) is 0.846. The molecule has 1 atom stereocenters. The van der Waals surface area contributed by atoms with E-state index in [4.69, 9.17) is 0 Å². The Balaban J connectivity index is 2.13. The fourth-order valence-electron chi connectivity index (χ4n) is 2.55. The fourth-order valence-corrected chi connectivity index (χ4v) is 3.15. The lowest BCUT2D eigenvalue weighted by molar-refractivity contribution is -0.0537. The van der Waals surface area contributed by atoms with Crippen LogP contribution in [0.1, 0.15) is 51.9 Å². The number of alkyl halides is 3. The van der Waals surface area contributed by atoms with Gasteiger partial charge in [-0.2, -0.15) is 21.6 Å². The van der Waals surface area contributed by atoms with Crippen molar-refractivity contribution in [1.29, 1.82) is 0 Å². The van der Waals surface area contributed by atoms with Gasteiger partial charge in [-0.3, -0.25) is 0 Å². The molecule has 0 unspecified atom stereocenters. The molecule has 0 radical (unpaired) electrons. The SMILES string of the molecule is C[C@]1(CCC2(O)CC2)CCCC=C1OS(=O)(=O)C(F)(F)F. The van der Waals surface area contributed by atoms with Crippen molar-refractivity contribution in [2.75, 3.05) is 0 Å². The molecule has 0 aliphatic heterocycles. The molecule has 1 saturated carbocycles. The maximum atomic E-state index is 12.4. The summed E-state index contributed by atoms with van der Waals surface area (Å²) in [5.41, 5.74) is -6.94. The van der Waals surface area contributed by atoms with Crippen LogP contribution in [0, 0.1) is 5.41 Å². The van der Waals surface area contributed by atoms with Crippen LogP contribution in [0.2, 0.25) is 0 Å². The van der Waals surface area contributed by atoms with Gasteiger partial charge in [-0.05, 0) is 51.0 Å². The standard InChI is InChI=1S/C13H19F3O4S/c1-11(6-7-12(17)8-9-12)5-3-2-4-10(11)20-21(18,19)13(14,15)16/h4,17H,2-3,5-9H2,1H3/t11-/m1/s1. The summed E-state index contributed by atoms with van der Waals surface area (Å²) in [6.45, 7) is 1.69. The zero-order chi connectivity index (χ0) is 15.9. The van der Waals surface area contributed by atoms with Crippen LogP contribution in [0.25, 0.3) is 0 Å². The lowest BCUT2D eigenvalue weighted by Gasteiger charge is -2.35. The van der Waals surface area contributed by atoms with Crippen LogP contribution in [-0.4, -0.2) is 24.6 Å². The first kappa shape index (κ1) is 16.6. The van der Waals surface area contributed by atoms with Crippen LogP contribution < -0.4 is 0 Å². The normalized spacial score (nSPS) is 28.9. The summed E-state index contributed by atoms with van der Waals surface area (Å²) in [5, 5.41) is 9.86. The molecule has 1 fully saturated rings. The second kappa shape index (κ2) is 5.15. The van der Waals surface area contributed by atoms with Gasteiger partial charge < -0.3 is 9.29 Å². The first-order valence-electron chi connectivity index (χ1n) is 6.91. The van der Waals surface area contributed by atoms with Gasteiger partial charge in [0.05, 0.1) is 5.60 Å². The predicted molar refractivity (Wildman–Crippen MR) is 69.5 cm³/mol. The van der Waals surface area contributed by atoms with Crippen LogP contribution in [0.5, 0.6) is 0 Å². The van der Waals surface area contributed by atoms with Gasteiger partial charge in [-0.15, -0.1) is 0 Å². The Hall–Kier alpha value is -0.760. The van der Waals surface area contributed by atoms with E-state index in [9.17, 15) is 26.7 Å². The first-order chi connectivity index (χ1) is 9.48. The quantitative estimate of drug-likeness (QED) is 0.622. The lowest BCUT2D eigenvalue weighted by atomic mass is 9.75. The molecule has 122 valence electrons. The van der Waals surface area contributed by atoms with Crippen molar-refractivity contribution in [3.8, 4) is 0 Å². The van der Waals surface area contributed by atoms with E-state index in [1.807, 2.05) is 0 Å². The molecule has 0 spiro atoms. The number of hydrogen-bond acceptors (Lipinski definition) is 4. The monoisotopic (exact) mass is 328 g/mol. The highest BCUT2D eigenvalue weighted by Crippen LogP contribution is 2.48. The predicted octanol–water partition coefficient (Wildman–Crippen LogP) is 3.23. The van der Waals surface area contributed by atoms with Gasteiger partial charge in [0.1, 0.15) is 5.76 Å². The minimum absolute atomic E-state index is 0.143. The summed E-state index contributed by atoms with van der Waals surface area (Å²) in [4.78, 5) is 0. The van der Waals surface area contributed by atoms with E-state index in [-0.39, 0.29) is 5.76 Å². The van der Waals surface area contributed by atoms with E-state index in [0.717, 1.165) is 6.42 Å². The Kier molecular flexibility index (Phi) is 4.08. The third-order valence-corrected chi connectivity index (χ3v) is 5.28. The van der Waals surface area contributed by atoms with Crippen LogP contribution >= 0.6 is 0 Å². The number of allylic oxidation sites excluding steroid dienone is 2. The molecule has 0 aromatic heterocycles. The summed E-state index contributed by atoms with van der Waals surface area (Å²) in [7, 11) is -5.64. The molecule has 0 bridgehead atoms. The number of rotatable bonds is 5. The van der Waals surface area contributed by atoms with Crippen molar-refractivity contribution in [3.05, 3.63) is 11.8 Å². The van der Waals surface area contributed by atoms with Crippen molar-refractivity contribution in [1.82, 2.24) is 0 Å². The Morgan fingerprint density at radius 2 is 1.90 bits per heavy atom. The molecule has 1 N–H and O–H groups in total. The highest BCUT2D eigenvalue weighted by Gasteiger charge is 2.51. The van der Waals surface area contributed by atoms with E-state index >= 15 is 0 Å². The molecular weight excluding hydrogens is 309 g/mol. The number of hydrogen-bond donors (Lipinski definition) is 1. The molecule has 0 amide bonds. The van der Waals surface area contributed by atoms with Gasteiger partial charge >= 0.3 is 15.6 Å². The molecule has 0 aromatic rings. The summed E-state index contributed by atoms with van der Waals surface area (Å²) < 4.78 is 64.1. The van der Waals surface area contributed by atoms with E-state index in [2.05, 4.69) is 4.18 Å². The minimum atomic E-state index is -5.64. The maximum absolute atomic E-state index is 12.4. The van der Waals surface area contributed by atoms with Gasteiger partial charge in [-0.1, -0.05) is 6.92 Å². The van der Waals surface area contributed by atoms with Gasteiger partial charge in [0.2, 0.25) is 0 Å². The second-order valence-corrected chi connectivity index (χ2v) is 7.77. The molecule has 2 aliphatic rings. The van der Waals surface area contributed by atoms with Crippen molar-refractivity contribution >= 4 is 10.1 Å². The zero-order valence-electron chi connectivity index (χ0n) is 11.7. The molecule has 0 saturated heterocycles. The zero-order valence-corrected chi connectivity index (χ0v) is 12.6. The minimum Gasteiger partial charge on any atom is -0.390 e. The Morgan fingerprint density at radius 3 is 2.43 bits per heavy atom. The van der Waals surface area contributed by atoms with Crippen LogP contribution in [0.3, 0.4) is 0 Å². The Labute approximate surface area is 122 Å². The molecule has 2 rings (SSSR count). The van der Waals surface area contributed by atoms with Crippen LogP contribution in [-0.2, 0) is 14.3 Å². The molecule has 0 aromatic carbocycles. The molecule has 2 aliphatic carbocycles. The molecular formula is C13H19F3O4S. The Bertz CT molecular complexity index is 534. The molecule has 8 heteroatoms. The van der Waals surface area contributed by atoms with E-state index < -0.39 is 26.6 Å². The summed E-state index contributed by atoms with van der Waals surface area (Å²) in [6.07, 6.45) is 5.43.